The highest BCUT2D eigenvalue weighted by Gasteiger charge is 2.19. The Morgan fingerprint density at radius 2 is 1.86 bits per heavy atom. The molecule has 1 aromatic heterocycles. The Kier molecular flexibility index (Phi) is 4.97. The molecule has 1 aliphatic heterocycles. The molecule has 0 aliphatic carbocycles. The molecule has 2 heterocycles. The number of aromatic carboxylic acids is 1. The van der Waals surface area contributed by atoms with Crippen LogP contribution in [0.15, 0.2) is 42.5 Å². The van der Waals surface area contributed by atoms with Crippen molar-refractivity contribution in [1.82, 2.24) is 15.2 Å². The first-order valence-electron chi connectivity index (χ1n) is 9.44. The van der Waals surface area contributed by atoms with E-state index in [4.69, 9.17) is 9.84 Å². The van der Waals surface area contributed by atoms with Crippen LogP contribution in [0.25, 0.3) is 22.8 Å². The summed E-state index contributed by atoms with van der Waals surface area (Å²) in [5.74, 6) is 1.13. The van der Waals surface area contributed by atoms with E-state index in [1.54, 1.807) is 24.3 Å². The molecule has 4 rings (SSSR count). The third-order valence-corrected chi connectivity index (χ3v) is 4.85. The third-order valence-electron chi connectivity index (χ3n) is 4.85. The number of carbonyl (C=O) groups is 1. The minimum absolute atomic E-state index is 0.241. The predicted molar refractivity (Wildman–Crippen MR) is 107 cm³/mol. The van der Waals surface area contributed by atoms with Gasteiger partial charge in [-0.25, -0.2) is 9.78 Å². The molecule has 0 bridgehead atoms. The quantitative estimate of drug-likeness (QED) is 0.677. The average molecular weight is 378 g/mol. The minimum Gasteiger partial charge on any atom is -0.492 e. The SMILES string of the molecule is CCOc1ccc(-c2n[nH]c(-c3ccc(C(=O)O)cc3)n2)cc1N1CCCC1. The van der Waals surface area contributed by atoms with Gasteiger partial charge in [-0.3, -0.25) is 5.10 Å². The molecule has 2 aromatic carbocycles. The van der Waals surface area contributed by atoms with Gasteiger partial charge in [0, 0.05) is 24.2 Å². The van der Waals surface area contributed by atoms with Crippen molar-refractivity contribution in [3.63, 3.8) is 0 Å². The van der Waals surface area contributed by atoms with E-state index < -0.39 is 5.97 Å². The van der Waals surface area contributed by atoms with Gasteiger partial charge in [0.2, 0.25) is 0 Å². The standard InChI is InChI=1S/C21H22N4O3/c1-2-28-18-10-9-16(13-17(18)25-11-3-4-12-25)20-22-19(23-24-20)14-5-7-15(8-6-14)21(26)27/h5-10,13H,2-4,11-12H2,1H3,(H,26,27)(H,22,23,24). The highest BCUT2D eigenvalue weighted by Crippen LogP contribution is 2.35. The van der Waals surface area contributed by atoms with Crippen molar-refractivity contribution in [1.29, 1.82) is 0 Å². The van der Waals surface area contributed by atoms with E-state index in [1.807, 2.05) is 19.1 Å². The lowest BCUT2D eigenvalue weighted by Crippen LogP contribution is -2.18. The highest BCUT2D eigenvalue weighted by molar-refractivity contribution is 5.88. The minimum atomic E-state index is -0.950. The molecule has 0 radical (unpaired) electrons. The van der Waals surface area contributed by atoms with Crippen molar-refractivity contribution in [3.05, 3.63) is 48.0 Å². The van der Waals surface area contributed by atoms with Gasteiger partial charge in [0.1, 0.15) is 5.75 Å². The number of hydrogen-bond donors (Lipinski definition) is 2. The average Bonchev–Trinajstić information content (AvgIpc) is 3.41. The fraction of sp³-hybridized carbons (Fsp3) is 0.286. The first-order chi connectivity index (χ1) is 13.7. The van der Waals surface area contributed by atoms with Crippen molar-refractivity contribution in [2.45, 2.75) is 19.8 Å². The van der Waals surface area contributed by atoms with Crippen LogP contribution in [0.1, 0.15) is 30.1 Å². The summed E-state index contributed by atoms with van der Waals surface area (Å²) in [6.07, 6.45) is 2.37. The van der Waals surface area contributed by atoms with Crippen LogP contribution in [0.5, 0.6) is 5.75 Å². The van der Waals surface area contributed by atoms with Crippen molar-refractivity contribution in [2.24, 2.45) is 0 Å². The first-order valence-corrected chi connectivity index (χ1v) is 9.44. The molecule has 144 valence electrons. The van der Waals surface area contributed by atoms with Crippen LogP contribution in [0.3, 0.4) is 0 Å². The largest absolute Gasteiger partial charge is 0.492 e. The number of anilines is 1. The van der Waals surface area contributed by atoms with Gasteiger partial charge in [-0.05, 0) is 50.1 Å². The third kappa shape index (κ3) is 3.55. The molecule has 28 heavy (non-hydrogen) atoms. The number of nitrogens with zero attached hydrogens (tertiary/aromatic N) is 3. The first kappa shape index (κ1) is 18.0. The molecule has 0 spiro atoms. The molecule has 1 fully saturated rings. The summed E-state index contributed by atoms with van der Waals surface area (Å²) >= 11 is 0. The molecular weight excluding hydrogens is 356 g/mol. The molecule has 0 saturated carbocycles. The summed E-state index contributed by atoms with van der Waals surface area (Å²) in [5.41, 5.74) is 3.02. The van der Waals surface area contributed by atoms with Crippen LogP contribution >= 0.6 is 0 Å². The summed E-state index contributed by atoms with van der Waals surface area (Å²) in [4.78, 5) is 17.9. The van der Waals surface area contributed by atoms with Crippen LogP contribution in [0.2, 0.25) is 0 Å². The second-order valence-electron chi connectivity index (χ2n) is 6.70. The fourth-order valence-corrected chi connectivity index (χ4v) is 3.43. The van der Waals surface area contributed by atoms with Gasteiger partial charge in [0.15, 0.2) is 11.6 Å². The van der Waals surface area contributed by atoms with E-state index in [-0.39, 0.29) is 5.56 Å². The summed E-state index contributed by atoms with van der Waals surface area (Å²) in [7, 11) is 0. The van der Waals surface area contributed by atoms with Crippen molar-refractivity contribution >= 4 is 11.7 Å². The smallest absolute Gasteiger partial charge is 0.335 e. The van der Waals surface area contributed by atoms with Gasteiger partial charge >= 0.3 is 5.97 Å². The second-order valence-corrected chi connectivity index (χ2v) is 6.70. The highest BCUT2D eigenvalue weighted by atomic mass is 16.5. The summed E-state index contributed by atoms with van der Waals surface area (Å²) < 4.78 is 5.81. The van der Waals surface area contributed by atoms with E-state index in [9.17, 15) is 4.79 Å². The number of nitrogens with one attached hydrogen (secondary N) is 1. The van der Waals surface area contributed by atoms with Crippen LogP contribution in [0, 0.1) is 0 Å². The molecular formula is C21H22N4O3. The monoisotopic (exact) mass is 378 g/mol. The maximum Gasteiger partial charge on any atom is 0.335 e. The van der Waals surface area contributed by atoms with E-state index in [0.717, 1.165) is 35.7 Å². The van der Waals surface area contributed by atoms with Crippen molar-refractivity contribution < 1.29 is 14.6 Å². The molecule has 7 nitrogen and oxygen atoms in total. The van der Waals surface area contributed by atoms with Crippen LogP contribution in [0.4, 0.5) is 5.69 Å². The topological polar surface area (TPSA) is 91.3 Å². The van der Waals surface area contributed by atoms with E-state index in [0.29, 0.717) is 18.3 Å². The van der Waals surface area contributed by atoms with Gasteiger partial charge in [-0.1, -0.05) is 12.1 Å². The van der Waals surface area contributed by atoms with E-state index >= 15 is 0 Å². The Morgan fingerprint density at radius 1 is 1.14 bits per heavy atom. The van der Waals surface area contributed by atoms with E-state index in [1.165, 1.54) is 12.8 Å². The number of aromatic amines is 1. The Labute approximate surface area is 163 Å². The Morgan fingerprint density at radius 3 is 2.54 bits per heavy atom. The molecule has 1 aliphatic rings. The van der Waals surface area contributed by atoms with Gasteiger partial charge < -0.3 is 14.7 Å². The normalized spacial score (nSPS) is 13.7. The lowest BCUT2D eigenvalue weighted by Gasteiger charge is -2.21. The molecule has 1 saturated heterocycles. The van der Waals surface area contributed by atoms with Gasteiger partial charge in [0.05, 0.1) is 17.9 Å². The van der Waals surface area contributed by atoms with Crippen molar-refractivity contribution in [2.75, 3.05) is 24.6 Å². The second kappa shape index (κ2) is 7.72. The number of carboxylic acid groups (broad SMARTS) is 1. The molecule has 3 aromatic rings. The number of rotatable bonds is 6. The van der Waals surface area contributed by atoms with Crippen LogP contribution in [-0.2, 0) is 0 Å². The number of carboxylic acids is 1. The van der Waals surface area contributed by atoms with Crippen LogP contribution in [-0.4, -0.2) is 46.0 Å². The Bertz CT molecular complexity index is 976. The lowest BCUT2D eigenvalue weighted by molar-refractivity contribution is 0.0697. The number of hydrogen-bond acceptors (Lipinski definition) is 5. The lowest BCUT2D eigenvalue weighted by atomic mass is 10.1. The zero-order valence-electron chi connectivity index (χ0n) is 15.7. The molecule has 2 N–H and O–H groups in total. The zero-order valence-corrected chi connectivity index (χ0v) is 15.7. The number of aromatic nitrogens is 3. The molecule has 0 amide bonds. The Hall–Kier alpha value is -3.35. The maximum absolute atomic E-state index is 11.0. The molecule has 0 atom stereocenters. The summed E-state index contributed by atoms with van der Waals surface area (Å²) in [6, 6.07) is 12.6. The Balaban J connectivity index is 1.64. The number of H-pyrrole nitrogens is 1. The predicted octanol–water partition coefficient (Wildman–Crippen LogP) is 3.84. The molecule has 7 heteroatoms. The molecule has 0 unspecified atom stereocenters. The maximum atomic E-state index is 11.0. The fourth-order valence-electron chi connectivity index (χ4n) is 3.43. The number of ether oxygens (including phenoxy) is 1. The zero-order chi connectivity index (χ0) is 19.5. The van der Waals surface area contributed by atoms with E-state index in [2.05, 4.69) is 26.1 Å². The summed E-state index contributed by atoms with van der Waals surface area (Å²) in [6.45, 7) is 4.66. The summed E-state index contributed by atoms with van der Waals surface area (Å²) in [5, 5.41) is 16.3. The van der Waals surface area contributed by atoms with Gasteiger partial charge in [-0.15, -0.1) is 0 Å². The van der Waals surface area contributed by atoms with Gasteiger partial charge in [-0.2, -0.15) is 5.10 Å². The number of benzene rings is 2. The van der Waals surface area contributed by atoms with Crippen LogP contribution < -0.4 is 9.64 Å². The van der Waals surface area contributed by atoms with Gasteiger partial charge in [0.25, 0.3) is 0 Å². The van der Waals surface area contributed by atoms with Crippen molar-refractivity contribution in [3.8, 4) is 28.5 Å².